The maximum atomic E-state index is 12.0. The molecule has 0 heterocycles. The number of unbranched alkanes of at least 4 members (excludes halogenated alkanes) is 14. The topological polar surface area (TPSA) is 98.7 Å². The molecule has 2 atom stereocenters. The number of carbonyl (C=O) groups is 1. The molecular formula is C26H55NO6P+. The Morgan fingerprint density at radius 3 is 1.79 bits per heavy atom. The summed E-state index contributed by atoms with van der Waals surface area (Å²) in [6, 6.07) is 0. The molecular weight excluding hydrogens is 453 g/mol. The van der Waals surface area contributed by atoms with E-state index in [0.29, 0.717) is 13.2 Å². The molecule has 0 radical (unpaired) electrons. The number of quaternary nitrogens is 1. The van der Waals surface area contributed by atoms with Crippen LogP contribution in [0.3, 0.4) is 0 Å². The van der Waals surface area contributed by atoms with Crippen molar-refractivity contribution in [2.75, 3.05) is 39.6 Å². The van der Waals surface area contributed by atoms with Gasteiger partial charge in [0.15, 0.2) is 0 Å². The molecule has 2 unspecified atom stereocenters. The molecule has 0 aliphatic heterocycles. The van der Waals surface area contributed by atoms with Gasteiger partial charge in [-0.25, -0.2) is 0 Å². The Morgan fingerprint density at radius 2 is 1.32 bits per heavy atom. The van der Waals surface area contributed by atoms with E-state index in [1.54, 1.807) is 6.92 Å². The molecule has 3 N–H and O–H groups in total. The van der Waals surface area contributed by atoms with Crippen LogP contribution in [0.2, 0.25) is 0 Å². The van der Waals surface area contributed by atoms with Gasteiger partial charge in [0.25, 0.3) is 0 Å². The number of esters is 1. The molecule has 0 bridgehead atoms. The van der Waals surface area contributed by atoms with Gasteiger partial charge in [0.05, 0.1) is 33.0 Å². The molecule has 0 rings (SSSR count). The summed E-state index contributed by atoms with van der Waals surface area (Å²) >= 11 is 0. The van der Waals surface area contributed by atoms with Crippen molar-refractivity contribution in [2.24, 2.45) is 0 Å². The van der Waals surface area contributed by atoms with Crippen molar-refractivity contribution in [3.63, 3.8) is 0 Å². The zero-order valence-electron chi connectivity index (χ0n) is 22.4. The zero-order valence-corrected chi connectivity index (χ0v) is 23.3. The molecule has 0 aromatic rings. The van der Waals surface area contributed by atoms with Crippen LogP contribution in [-0.4, -0.2) is 56.5 Å². The van der Waals surface area contributed by atoms with E-state index in [1.807, 2.05) is 12.4 Å². The lowest BCUT2D eigenvalue weighted by molar-refractivity contribution is -0.622. The van der Waals surface area contributed by atoms with Gasteiger partial charge in [-0.2, -0.15) is 0 Å². The summed E-state index contributed by atoms with van der Waals surface area (Å²) in [6.07, 6.45) is 19.5. The first-order valence-electron chi connectivity index (χ1n) is 14.0. The van der Waals surface area contributed by atoms with Crippen LogP contribution in [0.4, 0.5) is 0 Å². The molecule has 0 fully saturated rings. The second-order valence-electron chi connectivity index (χ2n) is 9.34. The highest BCUT2D eigenvalue weighted by Gasteiger charge is 2.24. The lowest BCUT2D eigenvalue weighted by Crippen LogP contribution is -2.80. The highest BCUT2D eigenvalue weighted by molar-refractivity contribution is 7.52. The third-order valence-electron chi connectivity index (χ3n) is 5.95. The fraction of sp³-hybridized carbons (Fsp3) is 0.962. The van der Waals surface area contributed by atoms with Gasteiger partial charge in [0.1, 0.15) is 6.10 Å². The first-order chi connectivity index (χ1) is 16.4. The summed E-state index contributed by atoms with van der Waals surface area (Å²) < 4.78 is 28.1. The highest BCUT2D eigenvalue weighted by Crippen LogP contribution is 2.40. The molecule has 0 aliphatic rings. The number of ether oxygens (including phenoxy) is 2. The van der Waals surface area contributed by atoms with E-state index < -0.39 is 13.7 Å². The SMILES string of the molecule is CCCCCCCCCCCCCCCCCOCC(COP(=O)(O)CC[NH2+]C)OC(=O)CC. The predicted molar refractivity (Wildman–Crippen MR) is 139 cm³/mol. The maximum Gasteiger partial charge on any atom is 0.333 e. The van der Waals surface area contributed by atoms with Gasteiger partial charge in [-0.15, -0.1) is 0 Å². The number of rotatable bonds is 26. The van der Waals surface area contributed by atoms with E-state index in [4.69, 9.17) is 14.0 Å². The molecule has 0 spiro atoms. The minimum atomic E-state index is -3.67. The second kappa shape index (κ2) is 24.2. The van der Waals surface area contributed by atoms with Gasteiger partial charge in [-0.3, -0.25) is 9.36 Å². The second-order valence-corrected chi connectivity index (χ2v) is 11.3. The molecule has 34 heavy (non-hydrogen) atoms. The van der Waals surface area contributed by atoms with Crippen molar-refractivity contribution in [1.82, 2.24) is 0 Å². The molecule has 0 aromatic heterocycles. The number of hydrogen-bond donors (Lipinski definition) is 2. The predicted octanol–water partition coefficient (Wildman–Crippen LogP) is 5.59. The monoisotopic (exact) mass is 508 g/mol. The molecule has 8 heteroatoms. The van der Waals surface area contributed by atoms with E-state index >= 15 is 0 Å². The quantitative estimate of drug-likeness (QED) is 0.0898. The van der Waals surface area contributed by atoms with Crippen molar-refractivity contribution < 1.29 is 33.6 Å². The average Bonchev–Trinajstić information content (AvgIpc) is 2.82. The Morgan fingerprint density at radius 1 is 0.824 bits per heavy atom. The molecule has 0 saturated carbocycles. The van der Waals surface area contributed by atoms with Crippen molar-refractivity contribution in [3.05, 3.63) is 0 Å². The lowest BCUT2D eigenvalue weighted by atomic mass is 10.0. The minimum absolute atomic E-state index is 0.0674. The average molecular weight is 509 g/mol. The summed E-state index contributed by atoms with van der Waals surface area (Å²) in [5.41, 5.74) is 0. The Labute approximate surface area is 209 Å². The van der Waals surface area contributed by atoms with Crippen LogP contribution >= 0.6 is 7.60 Å². The van der Waals surface area contributed by atoms with Gasteiger partial charge in [0.2, 0.25) is 0 Å². The van der Waals surface area contributed by atoms with Gasteiger partial charge < -0.3 is 24.2 Å². The summed E-state index contributed by atoms with van der Waals surface area (Å²) in [7, 11) is -1.84. The standard InChI is InChI=1S/C26H54NO6P/c1-4-6-7-8-9-10-11-12-13-14-15-16-17-18-19-21-31-23-25(33-26(28)5-2)24-32-34(29,30)22-20-27-3/h25,27H,4-24H2,1-3H3,(H,29,30)/p+1. The molecule has 204 valence electrons. The van der Waals surface area contributed by atoms with Crippen LogP contribution in [0.5, 0.6) is 0 Å². The normalized spacial score (nSPS) is 14.1. The van der Waals surface area contributed by atoms with Crippen molar-refractivity contribution in [2.45, 2.75) is 123 Å². The first-order valence-corrected chi connectivity index (χ1v) is 15.7. The molecule has 0 amide bonds. The van der Waals surface area contributed by atoms with Crippen LogP contribution in [0.1, 0.15) is 117 Å². The van der Waals surface area contributed by atoms with Crippen LogP contribution in [-0.2, 0) is 23.4 Å². The zero-order chi connectivity index (χ0) is 25.3. The van der Waals surface area contributed by atoms with Crippen LogP contribution in [0.15, 0.2) is 0 Å². The number of nitrogens with two attached hydrogens (primary N) is 1. The van der Waals surface area contributed by atoms with E-state index in [1.165, 1.54) is 83.5 Å². The van der Waals surface area contributed by atoms with Crippen molar-refractivity contribution >= 4 is 13.6 Å². The molecule has 7 nitrogen and oxygen atoms in total. The van der Waals surface area contributed by atoms with Crippen molar-refractivity contribution in [1.29, 1.82) is 0 Å². The van der Waals surface area contributed by atoms with E-state index in [2.05, 4.69) is 6.92 Å². The summed E-state index contributed by atoms with van der Waals surface area (Å²) in [4.78, 5) is 21.5. The Kier molecular flexibility index (Phi) is 23.9. The third-order valence-corrected chi connectivity index (χ3v) is 7.32. The number of carbonyl (C=O) groups excluding carboxylic acids is 1. The first kappa shape index (κ1) is 33.5. The fourth-order valence-corrected chi connectivity index (χ4v) is 4.84. The van der Waals surface area contributed by atoms with E-state index in [9.17, 15) is 14.3 Å². The van der Waals surface area contributed by atoms with E-state index in [-0.39, 0.29) is 31.8 Å². The van der Waals surface area contributed by atoms with Crippen molar-refractivity contribution in [3.8, 4) is 0 Å². The minimum Gasteiger partial charge on any atom is -0.457 e. The molecule has 0 saturated heterocycles. The van der Waals surface area contributed by atoms with Crippen LogP contribution < -0.4 is 5.32 Å². The van der Waals surface area contributed by atoms with Gasteiger partial charge in [-0.05, 0) is 6.42 Å². The van der Waals surface area contributed by atoms with Gasteiger partial charge in [0, 0.05) is 13.0 Å². The molecule has 0 aromatic carbocycles. The largest absolute Gasteiger partial charge is 0.457 e. The molecule has 0 aliphatic carbocycles. The highest BCUT2D eigenvalue weighted by atomic mass is 31.2. The van der Waals surface area contributed by atoms with Crippen LogP contribution in [0.25, 0.3) is 0 Å². The lowest BCUT2D eigenvalue weighted by Gasteiger charge is -2.19. The Balaban J connectivity index is 3.69. The van der Waals surface area contributed by atoms with Gasteiger partial charge in [-0.1, -0.05) is 104 Å². The smallest absolute Gasteiger partial charge is 0.333 e. The summed E-state index contributed by atoms with van der Waals surface area (Å²) in [6.45, 7) is 5.14. The Hall–Kier alpha value is -0.460. The maximum absolute atomic E-state index is 12.0. The number of hydrogen-bond acceptors (Lipinski definition) is 5. The van der Waals surface area contributed by atoms with Gasteiger partial charge >= 0.3 is 13.6 Å². The van der Waals surface area contributed by atoms with Crippen LogP contribution in [0, 0.1) is 0 Å². The summed E-state index contributed by atoms with van der Waals surface area (Å²) in [5.74, 6) is -0.362. The third kappa shape index (κ3) is 23.3. The van der Waals surface area contributed by atoms with E-state index in [0.717, 1.165) is 12.8 Å². The summed E-state index contributed by atoms with van der Waals surface area (Å²) in [5, 5.41) is 1.82. The Bertz CT molecular complexity index is 506. The fourth-order valence-electron chi connectivity index (χ4n) is 3.73.